The lowest BCUT2D eigenvalue weighted by atomic mass is 9.90. The van der Waals surface area contributed by atoms with Gasteiger partial charge in [0.2, 0.25) is 0 Å². The van der Waals surface area contributed by atoms with Crippen molar-refractivity contribution in [3.8, 4) is 5.75 Å². The third-order valence-electron chi connectivity index (χ3n) is 4.10. The molecule has 0 aliphatic carbocycles. The molecule has 2 nitrogen and oxygen atoms in total. The molecule has 3 rings (SSSR count). The minimum atomic E-state index is -0.500. The molecule has 1 aliphatic rings. The van der Waals surface area contributed by atoms with Crippen molar-refractivity contribution in [1.82, 2.24) is 0 Å². The highest BCUT2D eigenvalue weighted by atomic mass is 35.5. The maximum Gasteiger partial charge on any atom is 0.125 e. The van der Waals surface area contributed by atoms with E-state index in [2.05, 4.69) is 31.2 Å². The summed E-state index contributed by atoms with van der Waals surface area (Å²) >= 11 is 5.98. The van der Waals surface area contributed by atoms with E-state index in [0.717, 1.165) is 17.7 Å². The van der Waals surface area contributed by atoms with Crippen LogP contribution in [0.15, 0.2) is 48.5 Å². The van der Waals surface area contributed by atoms with Gasteiger partial charge < -0.3 is 9.84 Å². The lowest BCUT2D eigenvalue weighted by molar-refractivity contribution is 0.0589. The van der Waals surface area contributed by atoms with E-state index in [1.165, 1.54) is 5.56 Å². The molecule has 21 heavy (non-hydrogen) atoms. The maximum atomic E-state index is 10.3. The fourth-order valence-corrected chi connectivity index (χ4v) is 3.13. The van der Waals surface area contributed by atoms with Gasteiger partial charge in [0.05, 0.1) is 6.10 Å². The predicted molar refractivity (Wildman–Crippen MR) is 84.9 cm³/mol. The van der Waals surface area contributed by atoms with Crippen LogP contribution in [-0.4, -0.2) is 11.2 Å². The van der Waals surface area contributed by atoms with Gasteiger partial charge in [-0.05, 0) is 36.1 Å². The van der Waals surface area contributed by atoms with Crippen molar-refractivity contribution in [2.24, 2.45) is 0 Å². The van der Waals surface area contributed by atoms with E-state index < -0.39 is 6.10 Å². The molecule has 0 spiro atoms. The molecular weight excluding hydrogens is 284 g/mol. The quantitative estimate of drug-likeness (QED) is 0.889. The van der Waals surface area contributed by atoms with Gasteiger partial charge in [0.15, 0.2) is 0 Å². The zero-order valence-corrected chi connectivity index (χ0v) is 12.8. The van der Waals surface area contributed by atoms with Crippen molar-refractivity contribution in [2.45, 2.75) is 37.9 Å². The summed E-state index contributed by atoms with van der Waals surface area (Å²) in [5.41, 5.74) is 2.10. The predicted octanol–water partition coefficient (Wildman–Crippen LogP) is 4.72. The van der Waals surface area contributed by atoms with Crippen molar-refractivity contribution in [1.29, 1.82) is 0 Å². The van der Waals surface area contributed by atoms with Gasteiger partial charge in [0, 0.05) is 17.0 Å². The highest BCUT2D eigenvalue weighted by molar-refractivity contribution is 6.30. The van der Waals surface area contributed by atoms with Gasteiger partial charge in [-0.3, -0.25) is 0 Å². The Hall–Kier alpha value is -1.51. The topological polar surface area (TPSA) is 29.5 Å². The summed E-state index contributed by atoms with van der Waals surface area (Å²) in [6.07, 6.45) is 1.04. The SMILES string of the molecule is CC(CC1C[C@H](O)c2cc(Cl)ccc2O1)c1ccccc1. The molecule has 2 unspecified atom stereocenters. The molecular formula is C18H19ClO2. The van der Waals surface area contributed by atoms with Crippen molar-refractivity contribution in [3.63, 3.8) is 0 Å². The lowest BCUT2D eigenvalue weighted by Crippen LogP contribution is -2.27. The molecule has 0 saturated heterocycles. The second-order valence-corrected chi connectivity index (χ2v) is 6.16. The Morgan fingerprint density at radius 3 is 2.76 bits per heavy atom. The Kier molecular flexibility index (Phi) is 4.18. The van der Waals surface area contributed by atoms with Gasteiger partial charge in [0.25, 0.3) is 0 Å². The molecule has 0 aromatic heterocycles. The van der Waals surface area contributed by atoms with Gasteiger partial charge in [-0.15, -0.1) is 0 Å². The van der Waals surface area contributed by atoms with Gasteiger partial charge in [-0.1, -0.05) is 48.9 Å². The summed E-state index contributed by atoms with van der Waals surface area (Å²) in [5.74, 6) is 1.15. The average molecular weight is 303 g/mol. The Labute approximate surface area is 130 Å². The van der Waals surface area contributed by atoms with E-state index in [1.54, 1.807) is 12.1 Å². The minimum absolute atomic E-state index is 0.0314. The zero-order chi connectivity index (χ0) is 14.8. The van der Waals surface area contributed by atoms with Gasteiger partial charge in [0.1, 0.15) is 11.9 Å². The normalized spacial score (nSPS) is 22.2. The van der Waals surface area contributed by atoms with Crippen LogP contribution >= 0.6 is 11.6 Å². The Bertz CT molecular complexity index is 612. The fraction of sp³-hybridized carbons (Fsp3) is 0.333. The summed E-state index contributed by atoms with van der Waals surface area (Å²) in [4.78, 5) is 0. The Morgan fingerprint density at radius 1 is 1.24 bits per heavy atom. The summed E-state index contributed by atoms with van der Waals surface area (Å²) in [7, 11) is 0. The molecule has 0 radical (unpaired) electrons. The first-order valence-corrected chi connectivity index (χ1v) is 7.70. The molecule has 0 amide bonds. The van der Waals surface area contributed by atoms with Gasteiger partial charge >= 0.3 is 0 Å². The summed E-state index contributed by atoms with van der Waals surface area (Å²) in [6, 6.07) is 15.8. The third-order valence-corrected chi connectivity index (χ3v) is 4.33. The first kappa shape index (κ1) is 14.4. The lowest BCUT2D eigenvalue weighted by Gasteiger charge is -2.31. The summed E-state index contributed by atoms with van der Waals surface area (Å²) < 4.78 is 6.03. The molecule has 3 heteroatoms. The second-order valence-electron chi connectivity index (χ2n) is 5.72. The van der Waals surface area contributed by atoms with E-state index in [0.29, 0.717) is 17.4 Å². The van der Waals surface area contributed by atoms with E-state index in [4.69, 9.17) is 16.3 Å². The first-order valence-electron chi connectivity index (χ1n) is 7.32. The highest BCUT2D eigenvalue weighted by Gasteiger charge is 2.28. The number of hydrogen-bond acceptors (Lipinski definition) is 2. The molecule has 0 saturated carbocycles. The Morgan fingerprint density at radius 2 is 2.00 bits per heavy atom. The largest absolute Gasteiger partial charge is 0.490 e. The zero-order valence-electron chi connectivity index (χ0n) is 12.0. The second kappa shape index (κ2) is 6.08. The van der Waals surface area contributed by atoms with Crippen LogP contribution in [0.25, 0.3) is 0 Å². The van der Waals surface area contributed by atoms with Crippen LogP contribution < -0.4 is 4.74 Å². The van der Waals surface area contributed by atoms with Crippen molar-refractivity contribution in [3.05, 3.63) is 64.7 Å². The number of ether oxygens (including phenoxy) is 1. The van der Waals surface area contributed by atoms with Crippen molar-refractivity contribution in [2.75, 3.05) is 0 Å². The van der Waals surface area contributed by atoms with Crippen LogP contribution in [0, 0.1) is 0 Å². The standard InChI is InChI=1S/C18H19ClO2/c1-12(13-5-3-2-4-6-13)9-15-11-17(20)16-10-14(19)7-8-18(16)21-15/h2-8,10,12,15,17,20H,9,11H2,1H3/t12?,15?,17-/m0/s1. The molecule has 0 fully saturated rings. The van der Waals surface area contributed by atoms with Crippen molar-refractivity contribution >= 4 is 11.6 Å². The highest BCUT2D eigenvalue weighted by Crippen LogP contribution is 2.38. The average Bonchev–Trinajstić information content (AvgIpc) is 2.49. The van der Waals surface area contributed by atoms with Gasteiger partial charge in [-0.25, -0.2) is 0 Å². The molecule has 2 aromatic rings. The van der Waals surface area contributed by atoms with Crippen molar-refractivity contribution < 1.29 is 9.84 Å². The molecule has 0 bridgehead atoms. The van der Waals surface area contributed by atoms with E-state index >= 15 is 0 Å². The minimum Gasteiger partial charge on any atom is -0.490 e. The van der Waals surface area contributed by atoms with Crippen LogP contribution in [0.1, 0.15) is 42.9 Å². The molecule has 2 aromatic carbocycles. The van der Waals surface area contributed by atoms with E-state index in [1.807, 2.05) is 12.1 Å². The first-order chi connectivity index (χ1) is 10.1. The smallest absolute Gasteiger partial charge is 0.125 e. The van der Waals surface area contributed by atoms with Crippen LogP contribution in [-0.2, 0) is 0 Å². The van der Waals surface area contributed by atoms with E-state index in [-0.39, 0.29) is 6.10 Å². The number of hydrogen-bond donors (Lipinski definition) is 1. The van der Waals surface area contributed by atoms with Crippen LogP contribution in [0.5, 0.6) is 5.75 Å². The number of halogens is 1. The van der Waals surface area contributed by atoms with Crippen LogP contribution in [0.4, 0.5) is 0 Å². The number of fused-ring (bicyclic) bond motifs is 1. The molecule has 1 heterocycles. The number of aliphatic hydroxyl groups is 1. The number of aliphatic hydroxyl groups excluding tert-OH is 1. The van der Waals surface area contributed by atoms with Gasteiger partial charge in [-0.2, -0.15) is 0 Å². The maximum absolute atomic E-state index is 10.3. The Balaban J connectivity index is 1.73. The fourth-order valence-electron chi connectivity index (χ4n) is 2.95. The van der Waals surface area contributed by atoms with Crippen LogP contribution in [0.3, 0.4) is 0 Å². The summed E-state index contributed by atoms with van der Waals surface area (Å²) in [5, 5.41) is 10.9. The van der Waals surface area contributed by atoms with Crippen LogP contribution in [0.2, 0.25) is 5.02 Å². The summed E-state index contributed by atoms with van der Waals surface area (Å²) in [6.45, 7) is 2.20. The number of benzene rings is 2. The molecule has 1 aliphatic heterocycles. The molecule has 3 atom stereocenters. The van der Waals surface area contributed by atoms with E-state index in [9.17, 15) is 5.11 Å². The molecule has 1 N–H and O–H groups in total. The molecule has 110 valence electrons. The monoisotopic (exact) mass is 302 g/mol. The number of rotatable bonds is 3. The third kappa shape index (κ3) is 3.22.